The molecule has 0 spiro atoms. The highest BCUT2D eigenvalue weighted by Gasteiger charge is 2.30. The first-order chi connectivity index (χ1) is 49.7. The Kier molecular flexibility index (Phi) is 72.3. The van der Waals surface area contributed by atoms with Crippen molar-refractivity contribution in [1.82, 2.24) is 0 Å². The summed E-state index contributed by atoms with van der Waals surface area (Å²) in [7, 11) is -9.97. The minimum atomic E-state index is -4.99. The van der Waals surface area contributed by atoms with Crippen molar-refractivity contribution in [3.05, 3.63) is 97.2 Å². The number of ether oxygens (including phenoxy) is 4. The third-order valence-electron chi connectivity index (χ3n) is 17.1. The van der Waals surface area contributed by atoms with Gasteiger partial charge in [0.2, 0.25) is 0 Å². The number of hydrogen-bond donors (Lipinski definition) is 3. The van der Waals surface area contributed by atoms with Crippen molar-refractivity contribution < 1.29 is 80.2 Å². The van der Waals surface area contributed by atoms with Gasteiger partial charge in [-0.2, -0.15) is 0 Å². The maximum absolute atomic E-state index is 13.1. The van der Waals surface area contributed by atoms with Gasteiger partial charge >= 0.3 is 39.5 Å². The van der Waals surface area contributed by atoms with Gasteiger partial charge in [-0.25, -0.2) is 9.13 Å². The van der Waals surface area contributed by atoms with E-state index in [0.29, 0.717) is 32.1 Å². The van der Waals surface area contributed by atoms with Crippen LogP contribution in [0.15, 0.2) is 97.2 Å². The molecule has 0 aliphatic carbocycles. The second-order valence-corrected chi connectivity index (χ2v) is 29.9. The Morgan fingerprint density at radius 2 is 0.529 bits per heavy atom. The Balaban J connectivity index is 5.40. The lowest BCUT2D eigenvalue weighted by molar-refractivity contribution is -0.161. The molecule has 0 rings (SSSR count). The monoisotopic (exact) mass is 1480 g/mol. The van der Waals surface area contributed by atoms with Gasteiger partial charge in [-0.1, -0.05) is 324 Å². The molecule has 17 nitrogen and oxygen atoms in total. The first-order valence-corrected chi connectivity index (χ1v) is 43.5. The average molecular weight is 1480 g/mol. The molecular formula is C83H146O17P2. The van der Waals surface area contributed by atoms with Crippen LogP contribution in [0.4, 0.5) is 0 Å². The van der Waals surface area contributed by atoms with Gasteiger partial charge in [0.1, 0.15) is 19.3 Å². The molecule has 0 fully saturated rings. The predicted molar refractivity (Wildman–Crippen MR) is 418 cm³/mol. The van der Waals surface area contributed by atoms with Crippen LogP contribution in [0.2, 0.25) is 0 Å². The first kappa shape index (κ1) is 98.0. The molecule has 0 saturated carbocycles. The number of aliphatic hydroxyl groups excluding tert-OH is 1. The van der Waals surface area contributed by atoms with Gasteiger partial charge < -0.3 is 33.8 Å². The van der Waals surface area contributed by atoms with Gasteiger partial charge in [0.15, 0.2) is 12.2 Å². The Morgan fingerprint density at radius 1 is 0.284 bits per heavy atom. The van der Waals surface area contributed by atoms with E-state index in [1.54, 1.807) is 0 Å². The molecule has 3 N–H and O–H groups in total. The average Bonchev–Trinajstić information content (AvgIpc) is 0.924. The van der Waals surface area contributed by atoms with E-state index in [-0.39, 0.29) is 25.7 Å². The van der Waals surface area contributed by atoms with Crippen LogP contribution in [-0.2, 0) is 65.4 Å². The Hall–Kier alpha value is -4.02. The summed E-state index contributed by atoms with van der Waals surface area (Å²) < 4.78 is 68.5. The molecule has 19 heteroatoms. The Morgan fingerprint density at radius 3 is 0.863 bits per heavy atom. The quantitative estimate of drug-likeness (QED) is 0.0169. The molecule has 0 aliphatic rings. The fraction of sp³-hybridized carbons (Fsp3) is 0.759. The lowest BCUT2D eigenvalue weighted by atomic mass is 10.0. The summed E-state index contributed by atoms with van der Waals surface area (Å²) in [6.07, 6.45) is 79.7. The fourth-order valence-electron chi connectivity index (χ4n) is 10.9. The van der Waals surface area contributed by atoms with Crippen molar-refractivity contribution >= 4 is 39.5 Å². The summed E-state index contributed by atoms with van der Waals surface area (Å²) in [6, 6.07) is 0. The molecular weight excluding hydrogens is 1330 g/mol. The van der Waals surface area contributed by atoms with Gasteiger partial charge in [-0.3, -0.25) is 37.3 Å². The largest absolute Gasteiger partial charge is 0.472 e. The van der Waals surface area contributed by atoms with Crippen LogP contribution in [0, 0.1) is 0 Å². The topological polar surface area (TPSA) is 237 Å². The molecule has 5 atom stereocenters. The van der Waals surface area contributed by atoms with Crippen LogP contribution in [0.25, 0.3) is 0 Å². The van der Waals surface area contributed by atoms with E-state index >= 15 is 0 Å². The predicted octanol–water partition coefficient (Wildman–Crippen LogP) is 23.6. The normalized spacial score (nSPS) is 14.4. The van der Waals surface area contributed by atoms with E-state index in [9.17, 15) is 43.2 Å². The zero-order valence-electron chi connectivity index (χ0n) is 64.5. The molecule has 0 radical (unpaired) electrons. The van der Waals surface area contributed by atoms with Crippen molar-refractivity contribution in [3.8, 4) is 0 Å². The number of carbonyl (C=O) groups is 4. The third kappa shape index (κ3) is 74.3. The number of aliphatic hydroxyl groups is 1. The lowest BCUT2D eigenvalue weighted by Crippen LogP contribution is -2.30. The number of phosphoric acid groups is 2. The zero-order chi connectivity index (χ0) is 74.6. The van der Waals surface area contributed by atoms with Crippen molar-refractivity contribution in [2.24, 2.45) is 0 Å². The highest BCUT2D eigenvalue weighted by atomic mass is 31.2. The van der Waals surface area contributed by atoms with Crippen molar-refractivity contribution in [3.63, 3.8) is 0 Å². The summed E-state index contributed by atoms with van der Waals surface area (Å²) in [6.45, 7) is 4.69. The zero-order valence-corrected chi connectivity index (χ0v) is 66.3. The molecule has 0 saturated heterocycles. The summed E-state index contributed by atoms with van der Waals surface area (Å²) in [4.78, 5) is 73.0. The Bertz CT molecular complexity index is 2310. The number of phosphoric ester groups is 2. The van der Waals surface area contributed by atoms with Crippen LogP contribution in [0.1, 0.15) is 349 Å². The summed E-state index contributed by atoms with van der Waals surface area (Å²) >= 11 is 0. The molecule has 0 heterocycles. The number of allylic oxidation sites excluding steroid dienone is 16. The lowest BCUT2D eigenvalue weighted by Gasteiger charge is -2.21. The first-order valence-electron chi connectivity index (χ1n) is 40.5. The summed E-state index contributed by atoms with van der Waals surface area (Å²) in [5.41, 5.74) is 0. The third-order valence-corrected chi connectivity index (χ3v) is 19.0. The van der Waals surface area contributed by atoms with Gasteiger partial charge in [-0.05, 0) is 96.3 Å². The molecule has 590 valence electrons. The van der Waals surface area contributed by atoms with Crippen LogP contribution >= 0.6 is 15.6 Å². The van der Waals surface area contributed by atoms with E-state index in [0.717, 1.165) is 122 Å². The highest BCUT2D eigenvalue weighted by molar-refractivity contribution is 7.47. The number of carbonyl (C=O) groups excluding carboxylic acids is 4. The molecule has 102 heavy (non-hydrogen) atoms. The number of esters is 4. The maximum atomic E-state index is 13.1. The molecule has 5 unspecified atom stereocenters. The van der Waals surface area contributed by atoms with Crippen molar-refractivity contribution in [1.29, 1.82) is 0 Å². The van der Waals surface area contributed by atoms with E-state index in [2.05, 4.69) is 107 Å². The number of hydrogen-bond acceptors (Lipinski definition) is 15. The van der Waals surface area contributed by atoms with Crippen molar-refractivity contribution in [2.75, 3.05) is 39.6 Å². The van der Waals surface area contributed by atoms with E-state index in [1.165, 1.54) is 141 Å². The number of unbranched alkanes of at least 4 members (excludes halogenated alkanes) is 34. The Labute approximate surface area is 620 Å². The van der Waals surface area contributed by atoms with E-state index in [4.69, 9.17) is 37.0 Å². The van der Waals surface area contributed by atoms with Gasteiger partial charge in [0.05, 0.1) is 26.4 Å². The summed E-state index contributed by atoms with van der Waals surface area (Å²) in [5, 5.41) is 10.6. The van der Waals surface area contributed by atoms with Gasteiger partial charge in [0, 0.05) is 25.7 Å². The molecule has 0 aromatic carbocycles. The minimum absolute atomic E-state index is 0.0334. The van der Waals surface area contributed by atoms with Crippen LogP contribution < -0.4 is 0 Å². The molecule has 0 aliphatic heterocycles. The molecule has 0 aromatic rings. The van der Waals surface area contributed by atoms with Gasteiger partial charge in [0.25, 0.3) is 0 Å². The second-order valence-electron chi connectivity index (χ2n) is 27.0. The smallest absolute Gasteiger partial charge is 0.462 e. The van der Waals surface area contributed by atoms with E-state index < -0.39 is 97.5 Å². The van der Waals surface area contributed by atoms with Crippen molar-refractivity contribution in [2.45, 2.75) is 367 Å². The van der Waals surface area contributed by atoms with Crippen LogP contribution in [-0.4, -0.2) is 96.7 Å². The molecule has 0 amide bonds. The minimum Gasteiger partial charge on any atom is -0.462 e. The van der Waals surface area contributed by atoms with Crippen LogP contribution in [0.3, 0.4) is 0 Å². The second kappa shape index (κ2) is 75.2. The van der Waals surface area contributed by atoms with Gasteiger partial charge in [-0.15, -0.1) is 0 Å². The molecule has 0 aromatic heterocycles. The molecule has 0 bridgehead atoms. The summed E-state index contributed by atoms with van der Waals surface area (Å²) in [5.74, 6) is -2.26. The van der Waals surface area contributed by atoms with E-state index in [1.807, 2.05) is 18.2 Å². The standard InChI is InChI=1S/C83H146O17P2/c1-5-9-13-17-21-25-29-33-36-37-38-39-42-45-48-52-56-60-64-68-81(86)94-74-79(100-83(88)70-66-62-58-54-50-46-41-35-31-27-23-19-15-11-7-3)76-98-102(91,92)96-72-77(84)71-95-101(89,90)97-75-78(99-82(87)69-65-61-57-53-49-43-32-28-24-20-16-12-8-4)73-93-80(85)67-63-59-55-51-47-44-40-34-30-26-22-18-14-10-6-2/h9,13,21,23,25,27,33,35-36,38-39,41,45,48,56,60,77-79,84H,5-8,10-12,14-20,22,24,26,28-32,34,37,40,42-44,46-47,49-55,57-59,61-76H2,1-4H3,(H,89,90)(H,91,92)/b13-9-,25-21-,27-23-,36-33-,39-38-,41-35-,48-45-,60-56-. The highest BCUT2D eigenvalue weighted by Crippen LogP contribution is 2.45. The van der Waals surface area contributed by atoms with Crippen LogP contribution in [0.5, 0.6) is 0 Å². The SMILES string of the molecule is CC/C=C\C/C=C\C/C=C\C/C=C\C/C=C\C/C=C\CCC(=O)OCC(COP(=O)(O)OCC(O)COP(=O)(O)OCC(COC(=O)CCCCCCCCCCCCCCCCC)OC(=O)CCCCCCCCCCCCCCC)OC(=O)CCCCCCC/C=C\C/C=C\CCCCC. The fourth-order valence-corrected chi connectivity index (χ4v) is 12.5. The number of rotatable bonds is 76. The maximum Gasteiger partial charge on any atom is 0.472 e.